The standard InChI is InChI=1S/C11H20O5S/c1-17-7-5-3-2-4-6-11(16,10(14)15)8-9(12)13/h16H,2-8H2,1H3,(H,12,13)(H,14,15). The fraction of sp³-hybridized carbons (Fsp3) is 0.818. The van der Waals surface area contributed by atoms with E-state index in [-0.39, 0.29) is 6.42 Å². The van der Waals surface area contributed by atoms with Crippen molar-refractivity contribution in [2.24, 2.45) is 0 Å². The summed E-state index contributed by atoms with van der Waals surface area (Å²) in [5, 5.41) is 27.0. The van der Waals surface area contributed by atoms with Crippen LogP contribution in [0.4, 0.5) is 0 Å². The Morgan fingerprint density at radius 2 is 1.71 bits per heavy atom. The van der Waals surface area contributed by atoms with Crippen molar-refractivity contribution in [3.8, 4) is 0 Å². The second-order valence-electron chi connectivity index (χ2n) is 4.06. The van der Waals surface area contributed by atoms with Gasteiger partial charge in [0, 0.05) is 0 Å². The minimum Gasteiger partial charge on any atom is -0.481 e. The molecule has 0 bridgehead atoms. The molecule has 0 aliphatic heterocycles. The van der Waals surface area contributed by atoms with Crippen LogP contribution in [-0.2, 0) is 9.59 Å². The average molecular weight is 264 g/mol. The summed E-state index contributed by atoms with van der Waals surface area (Å²) in [4.78, 5) is 21.3. The van der Waals surface area contributed by atoms with E-state index in [0.29, 0.717) is 6.42 Å². The zero-order chi connectivity index (χ0) is 13.3. The van der Waals surface area contributed by atoms with Crippen molar-refractivity contribution >= 4 is 23.7 Å². The monoisotopic (exact) mass is 264 g/mol. The van der Waals surface area contributed by atoms with E-state index >= 15 is 0 Å². The van der Waals surface area contributed by atoms with Crippen LogP contribution in [0.1, 0.15) is 38.5 Å². The molecule has 0 aliphatic rings. The number of carboxylic acid groups (broad SMARTS) is 2. The van der Waals surface area contributed by atoms with E-state index < -0.39 is 24.0 Å². The van der Waals surface area contributed by atoms with Crippen molar-refractivity contribution in [2.75, 3.05) is 12.0 Å². The zero-order valence-corrected chi connectivity index (χ0v) is 10.8. The van der Waals surface area contributed by atoms with Gasteiger partial charge in [0.15, 0.2) is 5.60 Å². The Hall–Kier alpha value is -0.750. The topological polar surface area (TPSA) is 94.8 Å². The second kappa shape index (κ2) is 8.36. The van der Waals surface area contributed by atoms with E-state index in [1.165, 1.54) is 0 Å². The number of carboxylic acids is 2. The molecule has 0 saturated heterocycles. The lowest BCUT2D eigenvalue weighted by molar-refractivity contribution is -0.166. The summed E-state index contributed by atoms with van der Waals surface area (Å²) < 4.78 is 0. The lowest BCUT2D eigenvalue weighted by atomic mass is 9.92. The summed E-state index contributed by atoms with van der Waals surface area (Å²) >= 11 is 1.76. The van der Waals surface area contributed by atoms with Crippen molar-refractivity contribution in [3.05, 3.63) is 0 Å². The zero-order valence-electron chi connectivity index (χ0n) is 10.0. The molecule has 3 N–H and O–H groups in total. The number of thioether (sulfide) groups is 1. The van der Waals surface area contributed by atoms with Gasteiger partial charge in [0.2, 0.25) is 0 Å². The fourth-order valence-corrected chi connectivity index (χ4v) is 2.03. The van der Waals surface area contributed by atoms with Crippen molar-refractivity contribution in [1.82, 2.24) is 0 Å². The van der Waals surface area contributed by atoms with Crippen molar-refractivity contribution in [3.63, 3.8) is 0 Å². The van der Waals surface area contributed by atoms with Crippen molar-refractivity contribution in [1.29, 1.82) is 0 Å². The molecule has 1 unspecified atom stereocenters. The van der Waals surface area contributed by atoms with Gasteiger partial charge >= 0.3 is 11.9 Å². The summed E-state index contributed by atoms with van der Waals surface area (Å²) in [6, 6.07) is 0. The predicted octanol–water partition coefficient (Wildman–Crippen LogP) is 1.59. The van der Waals surface area contributed by atoms with Crippen molar-refractivity contribution < 1.29 is 24.9 Å². The number of carbonyl (C=O) groups is 2. The third-order valence-electron chi connectivity index (χ3n) is 2.53. The Morgan fingerprint density at radius 1 is 1.12 bits per heavy atom. The molecule has 0 aromatic carbocycles. The molecule has 0 aromatic heterocycles. The maximum absolute atomic E-state index is 10.8. The van der Waals surface area contributed by atoms with Crippen LogP contribution in [0.3, 0.4) is 0 Å². The van der Waals surface area contributed by atoms with Crippen LogP contribution in [0.2, 0.25) is 0 Å². The number of unbranched alkanes of at least 4 members (excludes halogenated alkanes) is 3. The summed E-state index contributed by atoms with van der Waals surface area (Å²) in [5.74, 6) is -1.68. The van der Waals surface area contributed by atoms with E-state index in [1.54, 1.807) is 11.8 Å². The molecular weight excluding hydrogens is 244 g/mol. The van der Waals surface area contributed by atoms with E-state index in [0.717, 1.165) is 25.0 Å². The third-order valence-corrected chi connectivity index (χ3v) is 3.23. The van der Waals surface area contributed by atoms with Crippen LogP contribution < -0.4 is 0 Å². The Bertz CT molecular complexity index is 256. The number of hydrogen-bond donors (Lipinski definition) is 3. The average Bonchev–Trinajstić information content (AvgIpc) is 2.22. The molecule has 0 fully saturated rings. The van der Waals surface area contributed by atoms with E-state index in [9.17, 15) is 14.7 Å². The summed E-state index contributed by atoms with van der Waals surface area (Å²) in [6.07, 6.45) is 4.66. The SMILES string of the molecule is CSCCCCCCC(O)(CC(=O)O)C(=O)O. The molecule has 0 spiro atoms. The van der Waals surface area contributed by atoms with Crippen LogP contribution in [-0.4, -0.2) is 44.9 Å². The van der Waals surface area contributed by atoms with E-state index in [1.807, 2.05) is 6.26 Å². The highest BCUT2D eigenvalue weighted by Gasteiger charge is 2.37. The van der Waals surface area contributed by atoms with Gasteiger partial charge in [-0.05, 0) is 31.3 Å². The first-order valence-corrected chi connectivity index (χ1v) is 6.98. The van der Waals surface area contributed by atoms with Gasteiger partial charge in [0.05, 0.1) is 6.42 Å². The largest absolute Gasteiger partial charge is 0.481 e. The van der Waals surface area contributed by atoms with Gasteiger partial charge in [-0.3, -0.25) is 4.79 Å². The molecule has 1 atom stereocenters. The molecule has 0 radical (unpaired) electrons. The minimum absolute atomic E-state index is 0.00605. The third kappa shape index (κ3) is 7.23. The van der Waals surface area contributed by atoms with Gasteiger partial charge in [-0.1, -0.05) is 12.8 Å². The molecule has 0 heterocycles. The lowest BCUT2D eigenvalue weighted by Gasteiger charge is -2.21. The Kier molecular flexibility index (Phi) is 7.99. The highest BCUT2D eigenvalue weighted by atomic mass is 32.2. The van der Waals surface area contributed by atoms with Crippen LogP contribution in [0.15, 0.2) is 0 Å². The highest BCUT2D eigenvalue weighted by molar-refractivity contribution is 7.98. The maximum Gasteiger partial charge on any atom is 0.336 e. The number of hydrogen-bond acceptors (Lipinski definition) is 4. The molecule has 100 valence electrons. The number of rotatable bonds is 10. The normalized spacial score (nSPS) is 14.2. The first-order chi connectivity index (χ1) is 7.92. The second-order valence-corrected chi connectivity index (χ2v) is 5.05. The predicted molar refractivity (Wildman–Crippen MR) is 66.3 cm³/mol. The van der Waals surface area contributed by atoms with Crippen LogP contribution in [0.25, 0.3) is 0 Å². The smallest absolute Gasteiger partial charge is 0.336 e. The summed E-state index contributed by atoms with van der Waals surface area (Å²) in [5.41, 5.74) is -2.12. The molecule has 0 aromatic rings. The molecule has 0 rings (SSSR count). The number of aliphatic hydroxyl groups is 1. The van der Waals surface area contributed by atoms with Gasteiger partial charge in [0.1, 0.15) is 0 Å². The van der Waals surface area contributed by atoms with Gasteiger partial charge in [-0.25, -0.2) is 4.79 Å². The Morgan fingerprint density at radius 3 is 2.18 bits per heavy atom. The molecular formula is C11H20O5S. The Labute approximate surface area is 105 Å². The molecule has 17 heavy (non-hydrogen) atoms. The van der Waals surface area contributed by atoms with Gasteiger partial charge in [0.25, 0.3) is 0 Å². The van der Waals surface area contributed by atoms with Crippen LogP contribution >= 0.6 is 11.8 Å². The van der Waals surface area contributed by atoms with Gasteiger partial charge in [-0.2, -0.15) is 11.8 Å². The summed E-state index contributed by atoms with van der Waals surface area (Å²) in [6.45, 7) is 0. The van der Waals surface area contributed by atoms with Crippen molar-refractivity contribution in [2.45, 2.75) is 44.1 Å². The highest BCUT2D eigenvalue weighted by Crippen LogP contribution is 2.20. The molecule has 0 aliphatic carbocycles. The quantitative estimate of drug-likeness (QED) is 0.519. The first kappa shape index (κ1) is 16.2. The van der Waals surface area contributed by atoms with Crippen LogP contribution in [0, 0.1) is 0 Å². The van der Waals surface area contributed by atoms with Crippen LogP contribution in [0.5, 0.6) is 0 Å². The van der Waals surface area contributed by atoms with E-state index in [2.05, 4.69) is 0 Å². The fourth-order valence-electron chi connectivity index (χ4n) is 1.54. The number of aliphatic carboxylic acids is 2. The maximum atomic E-state index is 10.8. The van der Waals surface area contributed by atoms with E-state index in [4.69, 9.17) is 10.2 Å². The Balaban J connectivity index is 3.93. The molecule has 0 saturated carbocycles. The molecule has 5 nitrogen and oxygen atoms in total. The van der Waals surface area contributed by atoms with Gasteiger partial charge in [-0.15, -0.1) is 0 Å². The van der Waals surface area contributed by atoms with Gasteiger partial charge < -0.3 is 15.3 Å². The molecule has 0 amide bonds. The summed E-state index contributed by atoms with van der Waals surface area (Å²) in [7, 11) is 0. The molecule has 6 heteroatoms. The first-order valence-electron chi connectivity index (χ1n) is 5.59. The lowest BCUT2D eigenvalue weighted by Crippen LogP contribution is -2.40. The minimum atomic E-state index is -2.12.